The minimum atomic E-state index is -4.84. The van der Waals surface area contributed by atoms with E-state index in [0.717, 1.165) is 28.2 Å². The fourth-order valence-electron chi connectivity index (χ4n) is 4.10. The molecule has 0 radical (unpaired) electrons. The maximum absolute atomic E-state index is 13.4. The number of benzene rings is 3. The molecular weight excluding hydrogens is 503 g/mol. The van der Waals surface area contributed by atoms with Gasteiger partial charge in [-0.2, -0.15) is 0 Å². The Morgan fingerprint density at radius 1 is 0.946 bits per heavy atom. The molecule has 4 rings (SSSR count). The zero-order valence-electron chi connectivity index (χ0n) is 19.6. The Hall–Kier alpha value is -3.92. The fourth-order valence-corrected chi connectivity index (χ4v) is 4.39. The molecule has 0 saturated carbocycles. The number of carbonyl (C=O) groups is 2. The number of carbonyl (C=O) groups excluding carboxylic acids is 2. The quantitative estimate of drug-likeness (QED) is 0.334. The number of thiocarbonyl (C=S) groups is 1. The molecule has 0 spiro atoms. The molecule has 6 nitrogen and oxygen atoms in total. The van der Waals surface area contributed by atoms with Crippen molar-refractivity contribution in [2.24, 2.45) is 0 Å². The van der Waals surface area contributed by atoms with Crippen molar-refractivity contribution in [3.63, 3.8) is 0 Å². The second-order valence-electron chi connectivity index (χ2n) is 8.40. The lowest BCUT2D eigenvalue weighted by Gasteiger charge is -2.30. The molecule has 3 aromatic rings. The smallest absolute Gasteiger partial charge is 0.406 e. The number of rotatable bonds is 8. The lowest BCUT2D eigenvalue weighted by atomic mass is 10.1. The van der Waals surface area contributed by atoms with Crippen molar-refractivity contribution in [1.82, 2.24) is 10.2 Å². The van der Waals surface area contributed by atoms with E-state index in [1.54, 1.807) is 4.90 Å². The minimum absolute atomic E-state index is 0.110. The minimum Gasteiger partial charge on any atom is -0.406 e. The summed E-state index contributed by atoms with van der Waals surface area (Å²) in [5.74, 6) is -1.40. The van der Waals surface area contributed by atoms with Crippen molar-refractivity contribution >= 4 is 34.8 Å². The monoisotopic (exact) mass is 527 g/mol. The van der Waals surface area contributed by atoms with Gasteiger partial charge in [-0.05, 0) is 54.0 Å². The summed E-state index contributed by atoms with van der Waals surface area (Å²) in [5, 5.41) is 3.52. The molecule has 10 heteroatoms. The molecule has 1 unspecified atom stereocenters. The Balaban J connectivity index is 1.52. The molecule has 1 N–H and O–H groups in total. The second kappa shape index (κ2) is 11.4. The zero-order valence-corrected chi connectivity index (χ0v) is 20.5. The molecular formula is C27H24F3N3O3S. The molecule has 1 heterocycles. The number of hydrogen-bond donors (Lipinski definition) is 1. The van der Waals surface area contributed by atoms with Crippen molar-refractivity contribution in [3.8, 4) is 5.75 Å². The summed E-state index contributed by atoms with van der Waals surface area (Å²) >= 11 is 5.65. The number of anilines is 1. The van der Waals surface area contributed by atoms with Crippen LogP contribution in [0.5, 0.6) is 5.75 Å². The number of nitrogens with one attached hydrogen (secondary N) is 1. The molecule has 1 fully saturated rings. The van der Waals surface area contributed by atoms with E-state index in [1.165, 1.54) is 12.1 Å². The van der Waals surface area contributed by atoms with Gasteiger partial charge in [0.25, 0.3) is 5.91 Å². The Morgan fingerprint density at radius 2 is 1.54 bits per heavy atom. The summed E-state index contributed by atoms with van der Waals surface area (Å²) in [5.41, 5.74) is 2.22. The van der Waals surface area contributed by atoms with E-state index in [2.05, 4.69) is 10.1 Å². The van der Waals surface area contributed by atoms with Crippen LogP contribution in [0.15, 0.2) is 84.9 Å². The maximum atomic E-state index is 13.4. The van der Waals surface area contributed by atoms with E-state index >= 15 is 0 Å². The number of ether oxygens (including phenoxy) is 1. The van der Waals surface area contributed by atoms with Gasteiger partial charge >= 0.3 is 6.36 Å². The van der Waals surface area contributed by atoms with Crippen molar-refractivity contribution in [1.29, 1.82) is 0 Å². The van der Waals surface area contributed by atoms with Crippen molar-refractivity contribution in [3.05, 3.63) is 96.1 Å². The summed E-state index contributed by atoms with van der Waals surface area (Å²) in [4.78, 5) is 29.0. The molecule has 0 bridgehead atoms. The van der Waals surface area contributed by atoms with Crippen LogP contribution in [0.3, 0.4) is 0 Å². The van der Waals surface area contributed by atoms with Gasteiger partial charge in [0.1, 0.15) is 11.8 Å². The lowest BCUT2D eigenvalue weighted by molar-refractivity contribution is -0.274. The van der Waals surface area contributed by atoms with E-state index < -0.39 is 30.0 Å². The van der Waals surface area contributed by atoms with Crippen molar-refractivity contribution in [2.75, 3.05) is 11.4 Å². The maximum Gasteiger partial charge on any atom is 0.573 e. The van der Waals surface area contributed by atoms with Gasteiger partial charge in [0, 0.05) is 13.1 Å². The largest absolute Gasteiger partial charge is 0.573 e. The SMILES string of the molecule is O=C1CC(N(CCc2ccccc2)C(=S)NCc2ccccc2)C(=O)N1c1ccc(OC(F)(F)F)cc1. The number of imide groups is 1. The molecule has 1 aliphatic heterocycles. The van der Waals surface area contributed by atoms with Gasteiger partial charge in [-0.25, -0.2) is 4.90 Å². The van der Waals surface area contributed by atoms with Gasteiger partial charge in [0.15, 0.2) is 5.11 Å². The molecule has 1 atom stereocenters. The Bertz CT molecular complexity index is 1240. The lowest BCUT2D eigenvalue weighted by Crippen LogP contribution is -2.50. The first-order valence-corrected chi connectivity index (χ1v) is 12.0. The average Bonchev–Trinajstić information content (AvgIpc) is 3.17. The Kier molecular flexibility index (Phi) is 8.08. The summed E-state index contributed by atoms with van der Waals surface area (Å²) in [6.45, 7) is 0.835. The molecule has 3 aromatic carbocycles. The normalized spacial score (nSPS) is 15.5. The third kappa shape index (κ3) is 6.85. The standard InChI is InChI=1S/C27H24F3N3O3S/c28-27(29,30)36-22-13-11-21(12-14-22)33-24(34)17-23(25(33)35)32(16-15-19-7-3-1-4-8-19)26(37)31-18-20-9-5-2-6-10-20/h1-14,23H,15-18H2,(H,31,37). The van der Waals surface area contributed by atoms with Crippen LogP contribution in [0, 0.1) is 0 Å². The van der Waals surface area contributed by atoms with E-state index in [9.17, 15) is 22.8 Å². The highest BCUT2D eigenvalue weighted by atomic mass is 32.1. The topological polar surface area (TPSA) is 61.9 Å². The number of nitrogens with zero attached hydrogens (tertiary/aromatic N) is 2. The van der Waals surface area contributed by atoms with Crippen LogP contribution in [-0.4, -0.2) is 40.8 Å². The number of amides is 2. The third-order valence-corrected chi connectivity index (χ3v) is 6.24. The van der Waals surface area contributed by atoms with Crippen LogP contribution in [-0.2, 0) is 22.6 Å². The van der Waals surface area contributed by atoms with E-state index in [4.69, 9.17) is 12.2 Å². The highest BCUT2D eigenvalue weighted by Gasteiger charge is 2.43. The van der Waals surface area contributed by atoms with E-state index in [1.807, 2.05) is 60.7 Å². The molecule has 0 aromatic heterocycles. The molecule has 1 aliphatic rings. The summed E-state index contributed by atoms with van der Waals surface area (Å²) < 4.78 is 41.3. The first-order valence-electron chi connectivity index (χ1n) is 11.6. The summed E-state index contributed by atoms with van der Waals surface area (Å²) in [6, 6.07) is 23.1. The predicted molar refractivity (Wildman–Crippen MR) is 137 cm³/mol. The Labute approximate surface area is 217 Å². The van der Waals surface area contributed by atoms with Crippen molar-refractivity contribution in [2.45, 2.75) is 31.8 Å². The summed E-state index contributed by atoms with van der Waals surface area (Å²) in [7, 11) is 0. The molecule has 192 valence electrons. The van der Waals surface area contributed by atoms with E-state index in [0.29, 0.717) is 24.6 Å². The second-order valence-corrected chi connectivity index (χ2v) is 8.79. The number of hydrogen-bond acceptors (Lipinski definition) is 4. The molecule has 0 aliphatic carbocycles. The third-order valence-electron chi connectivity index (χ3n) is 5.86. The summed E-state index contributed by atoms with van der Waals surface area (Å²) in [6.07, 6.45) is -4.36. The van der Waals surface area contributed by atoms with E-state index in [-0.39, 0.29) is 12.1 Å². The Morgan fingerprint density at radius 3 is 2.14 bits per heavy atom. The molecule has 2 amide bonds. The van der Waals surface area contributed by atoms with Gasteiger partial charge in [-0.3, -0.25) is 9.59 Å². The van der Waals surface area contributed by atoms with Gasteiger partial charge in [-0.1, -0.05) is 60.7 Å². The molecule has 1 saturated heterocycles. The van der Waals surface area contributed by atoms with Crippen molar-refractivity contribution < 1.29 is 27.5 Å². The highest BCUT2D eigenvalue weighted by Crippen LogP contribution is 2.29. The van der Waals surface area contributed by atoms with Crippen LogP contribution >= 0.6 is 12.2 Å². The average molecular weight is 528 g/mol. The van der Waals surface area contributed by atoms with Crippen LogP contribution in [0.25, 0.3) is 0 Å². The van der Waals surface area contributed by atoms with Crippen LogP contribution in [0.4, 0.5) is 18.9 Å². The first-order chi connectivity index (χ1) is 17.7. The van der Waals surface area contributed by atoms with Gasteiger partial charge < -0.3 is 15.0 Å². The first kappa shape index (κ1) is 26.2. The van der Waals surface area contributed by atoms with Crippen LogP contribution < -0.4 is 15.0 Å². The van der Waals surface area contributed by atoms with Gasteiger partial charge in [0.05, 0.1) is 12.1 Å². The molecule has 37 heavy (non-hydrogen) atoms. The highest BCUT2D eigenvalue weighted by molar-refractivity contribution is 7.80. The van der Waals surface area contributed by atoms with Crippen LogP contribution in [0.1, 0.15) is 17.5 Å². The zero-order chi connectivity index (χ0) is 26.4. The number of alkyl halides is 3. The number of halogens is 3. The van der Waals surface area contributed by atoms with Gasteiger partial charge in [-0.15, -0.1) is 13.2 Å². The van der Waals surface area contributed by atoms with Crippen LogP contribution in [0.2, 0.25) is 0 Å². The fraction of sp³-hybridized carbons (Fsp3) is 0.222. The predicted octanol–water partition coefficient (Wildman–Crippen LogP) is 4.84. The van der Waals surface area contributed by atoms with Gasteiger partial charge in [0.2, 0.25) is 5.91 Å².